The van der Waals surface area contributed by atoms with E-state index in [0.29, 0.717) is 0 Å². The summed E-state index contributed by atoms with van der Waals surface area (Å²) in [5.74, 6) is 0. The van der Waals surface area contributed by atoms with Crippen LogP contribution in [0, 0.1) is 0 Å². The van der Waals surface area contributed by atoms with Gasteiger partial charge in [0.2, 0.25) is 0 Å². The number of aromatic amines is 2. The minimum Gasteiger partial charge on any atom is -0.358 e. The molecule has 124 valence electrons. The van der Waals surface area contributed by atoms with Gasteiger partial charge in [-0.05, 0) is 64.1 Å². The highest BCUT2D eigenvalue weighted by Gasteiger charge is 2.20. The third-order valence-electron chi connectivity index (χ3n) is 4.28. The summed E-state index contributed by atoms with van der Waals surface area (Å²) in [4.78, 5) is 15.8. The Labute approximate surface area is 143 Å². The summed E-state index contributed by atoms with van der Waals surface area (Å²) < 4.78 is 0. The molecule has 0 saturated heterocycles. The smallest absolute Gasteiger partial charge is 0.0400 e. The lowest BCUT2D eigenvalue weighted by Crippen LogP contribution is -2.19. The molecule has 4 nitrogen and oxygen atoms in total. The molecule has 3 heterocycles. The highest BCUT2D eigenvalue weighted by Crippen LogP contribution is 2.23. The average Bonchev–Trinajstić information content (AvgIpc) is 3.17. The van der Waals surface area contributed by atoms with E-state index in [0.717, 1.165) is 22.8 Å². The zero-order valence-electron chi connectivity index (χ0n) is 14.7. The standard InChI is InChI=1S/C20H24N4/c1-19(2)13-21-11-9-16-6-8-18(24-16)20(3,4)14-22-12-10-15-5-7-17(19)23-15/h5-14,23-24H,1-4H3. The fourth-order valence-electron chi connectivity index (χ4n) is 2.61. The first-order valence-corrected chi connectivity index (χ1v) is 8.18. The molecule has 0 amide bonds. The summed E-state index contributed by atoms with van der Waals surface area (Å²) in [5.41, 5.74) is 3.98. The molecule has 0 saturated carbocycles. The molecule has 4 heteroatoms. The van der Waals surface area contributed by atoms with E-state index in [1.165, 1.54) is 0 Å². The van der Waals surface area contributed by atoms with Crippen molar-refractivity contribution < 1.29 is 0 Å². The molecule has 0 fully saturated rings. The van der Waals surface area contributed by atoms with Gasteiger partial charge in [-0.25, -0.2) is 0 Å². The van der Waals surface area contributed by atoms with Crippen LogP contribution in [0.15, 0.2) is 46.7 Å². The first-order chi connectivity index (χ1) is 11.4. The van der Waals surface area contributed by atoms with Crippen molar-refractivity contribution in [1.29, 1.82) is 0 Å². The van der Waals surface area contributed by atoms with E-state index in [9.17, 15) is 0 Å². The predicted molar refractivity (Wildman–Crippen MR) is 103 cm³/mol. The number of nitrogens with zero attached hydrogens (tertiary/aromatic N) is 2. The first kappa shape index (κ1) is 16.2. The predicted octanol–water partition coefficient (Wildman–Crippen LogP) is 4.69. The third-order valence-corrected chi connectivity index (χ3v) is 4.28. The van der Waals surface area contributed by atoms with E-state index in [4.69, 9.17) is 0 Å². The molecular formula is C20H24N4. The van der Waals surface area contributed by atoms with Crippen molar-refractivity contribution in [2.24, 2.45) is 9.98 Å². The Morgan fingerprint density at radius 1 is 0.667 bits per heavy atom. The Kier molecular flexibility index (Phi) is 4.14. The number of hydrogen-bond donors (Lipinski definition) is 2. The van der Waals surface area contributed by atoms with Crippen LogP contribution >= 0.6 is 0 Å². The van der Waals surface area contributed by atoms with Gasteiger partial charge in [0, 0.05) is 58.4 Å². The Morgan fingerprint density at radius 2 is 1.08 bits per heavy atom. The number of hydrogen-bond acceptors (Lipinski definition) is 2. The molecule has 24 heavy (non-hydrogen) atoms. The second-order valence-corrected chi connectivity index (χ2v) is 7.29. The summed E-state index contributed by atoms with van der Waals surface area (Å²) in [7, 11) is 0. The van der Waals surface area contributed by atoms with Crippen molar-refractivity contribution in [3.05, 3.63) is 59.4 Å². The minimum atomic E-state index is -0.167. The first-order valence-electron chi connectivity index (χ1n) is 8.18. The Morgan fingerprint density at radius 3 is 1.50 bits per heavy atom. The zero-order valence-corrected chi connectivity index (χ0v) is 14.7. The summed E-state index contributed by atoms with van der Waals surface area (Å²) in [6.45, 7) is 8.56. The van der Waals surface area contributed by atoms with E-state index in [1.807, 2.05) is 37.0 Å². The van der Waals surface area contributed by atoms with Gasteiger partial charge in [0.05, 0.1) is 0 Å². The normalized spacial score (nSPS) is 18.8. The SMILES string of the molecule is CC1(C)C=NC=Cc2ccc([nH]2)C(C)(C)C=NC=Cc2ccc1[nH]2. The fourth-order valence-corrected chi connectivity index (χ4v) is 2.61. The highest BCUT2D eigenvalue weighted by molar-refractivity contribution is 5.74. The summed E-state index contributed by atoms with van der Waals surface area (Å²) in [6, 6.07) is 8.32. The molecule has 0 radical (unpaired) electrons. The van der Waals surface area contributed by atoms with Gasteiger partial charge < -0.3 is 9.97 Å². The Bertz CT molecular complexity index is 755. The average molecular weight is 320 g/mol. The molecule has 1 aliphatic rings. The summed E-state index contributed by atoms with van der Waals surface area (Å²) in [6.07, 6.45) is 11.5. The molecule has 2 N–H and O–H groups in total. The molecule has 1 aliphatic heterocycles. The van der Waals surface area contributed by atoms with E-state index in [-0.39, 0.29) is 10.8 Å². The van der Waals surface area contributed by atoms with Gasteiger partial charge >= 0.3 is 0 Å². The van der Waals surface area contributed by atoms with Crippen LogP contribution in [0.2, 0.25) is 0 Å². The topological polar surface area (TPSA) is 56.3 Å². The molecule has 0 aliphatic carbocycles. The second-order valence-electron chi connectivity index (χ2n) is 7.29. The summed E-state index contributed by atoms with van der Waals surface area (Å²) >= 11 is 0. The van der Waals surface area contributed by atoms with Crippen LogP contribution in [-0.4, -0.2) is 22.4 Å². The molecule has 2 aromatic rings. The summed E-state index contributed by atoms with van der Waals surface area (Å²) in [5, 5.41) is 0. The quantitative estimate of drug-likeness (QED) is 0.707. The molecule has 2 aromatic heterocycles. The largest absolute Gasteiger partial charge is 0.358 e. The van der Waals surface area contributed by atoms with Crippen LogP contribution in [-0.2, 0) is 10.8 Å². The van der Waals surface area contributed by atoms with Gasteiger partial charge in [-0.1, -0.05) is 0 Å². The van der Waals surface area contributed by atoms with Crippen LogP contribution in [0.3, 0.4) is 0 Å². The monoisotopic (exact) mass is 320 g/mol. The van der Waals surface area contributed by atoms with Crippen molar-refractivity contribution in [3.63, 3.8) is 0 Å². The van der Waals surface area contributed by atoms with Gasteiger partial charge in [-0.3, -0.25) is 9.98 Å². The zero-order chi connectivity index (χ0) is 17.2. The van der Waals surface area contributed by atoms with Crippen LogP contribution in [0.4, 0.5) is 0 Å². The number of aromatic nitrogens is 2. The minimum absolute atomic E-state index is 0.167. The molecule has 0 aromatic carbocycles. The maximum absolute atomic E-state index is 4.47. The molecule has 0 atom stereocenters. The molecular weight excluding hydrogens is 296 g/mol. The lowest BCUT2D eigenvalue weighted by Gasteiger charge is -2.17. The van der Waals surface area contributed by atoms with Crippen molar-refractivity contribution in [2.75, 3.05) is 0 Å². The Balaban J connectivity index is 2.01. The number of rotatable bonds is 0. The van der Waals surface area contributed by atoms with Gasteiger partial charge in [0.1, 0.15) is 0 Å². The van der Waals surface area contributed by atoms with Crippen molar-refractivity contribution in [3.8, 4) is 0 Å². The molecule has 0 spiro atoms. The highest BCUT2D eigenvalue weighted by atomic mass is 14.8. The van der Waals surface area contributed by atoms with E-state index < -0.39 is 0 Å². The number of fused-ring (bicyclic) bond motifs is 4. The van der Waals surface area contributed by atoms with Gasteiger partial charge in [-0.2, -0.15) is 0 Å². The van der Waals surface area contributed by atoms with Crippen molar-refractivity contribution in [2.45, 2.75) is 38.5 Å². The third kappa shape index (κ3) is 3.48. The number of aliphatic imine (C=N–C) groups is 2. The van der Waals surface area contributed by atoms with Crippen LogP contribution in [0.1, 0.15) is 50.5 Å². The second kappa shape index (κ2) is 6.11. The molecule has 3 rings (SSSR count). The lowest BCUT2D eigenvalue weighted by atomic mass is 9.91. The van der Waals surface area contributed by atoms with Crippen LogP contribution in [0.25, 0.3) is 12.2 Å². The van der Waals surface area contributed by atoms with E-state index in [1.54, 1.807) is 0 Å². The Hall–Kier alpha value is -2.62. The van der Waals surface area contributed by atoms with Crippen LogP contribution in [0.5, 0.6) is 0 Å². The fraction of sp³-hybridized carbons (Fsp3) is 0.300. The van der Waals surface area contributed by atoms with E-state index >= 15 is 0 Å². The van der Waals surface area contributed by atoms with Crippen molar-refractivity contribution in [1.82, 2.24) is 9.97 Å². The number of nitrogens with one attached hydrogen (secondary N) is 2. The maximum Gasteiger partial charge on any atom is 0.0400 e. The number of H-pyrrole nitrogens is 2. The van der Waals surface area contributed by atoms with Gasteiger partial charge in [0.25, 0.3) is 0 Å². The molecule has 4 bridgehead atoms. The van der Waals surface area contributed by atoms with Gasteiger partial charge in [0.15, 0.2) is 0 Å². The van der Waals surface area contributed by atoms with E-state index in [2.05, 4.69) is 71.9 Å². The maximum atomic E-state index is 4.47. The lowest BCUT2D eigenvalue weighted by molar-refractivity contribution is 0.708. The van der Waals surface area contributed by atoms with Crippen LogP contribution < -0.4 is 0 Å². The molecule has 0 unspecified atom stereocenters. The van der Waals surface area contributed by atoms with Crippen molar-refractivity contribution >= 4 is 24.6 Å². The van der Waals surface area contributed by atoms with Gasteiger partial charge in [-0.15, -0.1) is 0 Å².